The number of nitrogens with zero attached hydrogens (tertiary/aromatic N) is 3. The molecule has 6 nitrogen and oxygen atoms in total. The van der Waals surface area contributed by atoms with Gasteiger partial charge in [-0.15, -0.1) is 11.3 Å². The second-order valence-electron chi connectivity index (χ2n) is 6.38. The van der Waals surface area contributed by atoms with Gasteiger partial charge < -0.3 is 0 Å². The highest BCUT2D eigenvalue weighted by Gasteiger charge is 2.37. The molecule has 0 bridgehead atoms. The zero-order valence-corrected chi connectivity index (χ0v) is 15.6. The number of benzene rings is 1. The largest absolute Gasteiger partial charge is 0.248 e. The molecule has 0 unspecified atom stereocenters. The predicted molar refractivity (Wildman–Crippen MR) is 96.2 cm³/mol. The van der Waals surface area contributed by atoms with Crippen LogP contribution in [0.4, 0.5) is 4.39 Å². The Bertz CT molecular complexity index is 1030. The molecule has 2 heterocycles. The summed E-state index contributed by atoms with van der Waals surface area (Å²) in [4.78, 5) is 4.13. The molecular weight excluding hydrogens is 375 g/mol. The van der Waals surface area contributed by atoms with E-state index >= 15 is 0 Å². The van der Waals surface area contributed by atoms with Crippen LogP contribution in [0.15, 0.2) is 47.1 Å². The van der Waals surface area contributed by atoms with Gasteiger partial charge in [-0.05, 0) is 49.4 Å². The van der Waals surface area contributed by atoms with E-state index in [1.807, 2.05) is 12.3 Å². The smallest absolute Gasteiger partial charge is 0.241 e. The first-order chi connectivity index (χ1) is 12.4. The summed E-state index contributed by atoms with van der Waals surface area (Å²) in [5, 5.41) is 6.61. The fraction of sp³-hybridized carbons (Fsp3) is 0.294. The molecular formula is C17H17FN4O2S2. The first-order valence-electron chi connectivity index (χ1n) is 8.17. The zero-order valence-electron chi connectivity index (χ0n) is 14.0. The van der Waals surface area contributed by atoms with Gasteiger partial charge in [0.2, 0.25) is 10.0 Å². The quantitative estimate of drug-likeness (QED) is 0.699. The number of thiazole rings is 1. The van der Waals surface area contributed by atoms with E-state index in [0.717, 1.165) is 29.5 Å². The van der Waals surface area contributed by atoms with E-state index in [2.05, 4.69) is 14.8 Å². The molecule has 1 aromatic carbocycles. The molecule has 1 N–H and O–H groups in total. The lowest BCUT2D eigenvalue weighted by Crippen LogP contribution is -2.30. The molecule has 2 aromatic heterocycles. The Morgan fingerprint density at radius 2 is 2.19 bits per heavy atom. The van der Waals surface area contributed by atoms with Crippen molar-refractivity contribution in [1.82, 2.24) is 19.5 Å². The molecule has 0 radical (unpaired) electrons. The zero-order chi connectivity index (χ0) is 18.3. The lowest BCUT2D eigenvalue weighted by Gasteiger charge is -2.16. The number of hydrogen-bond acceptors (Lipinski definition) is 5. The molecule has 9 heteroatoms. The van der Waals surface area contributed by atoms with Gasteiger partial charge in [-0.25, -0.2) is 27.2 Å². The number of aromatic nitrogens is 3. The highest BCUT2D eigenvalue weighted by Crippen LogP contribution is 2.42. The number of halogens is 1. The summed E-state index contributed by atoms with van der Waals surface area (Å²) in [6.07, 6.45) is 6.86. The number of sulfonamides is 1. The summed E-state index contributed by atoms with van der Waals surface area (Å²) < 4.78 is 44.1. The van der Waals surface area contributed by atoms with Crippen molar-refractivity contribution >= 4 is 21.4 Å². The van der Waals surface area contributed by atoms with Crippen LogP contribution in [-0.4, -0.2) is 23.2 Å². The van der Waals surface area contributed by atoms with E-state index in [9.17, 15) is 12.8 Å². The average Bonchev–Trinajstić information content (AvgIpc) is 3.11. The molecule has 1 saturated carbocycles. The van der Waals surface area contributed by atoms with Crippen LogP contribution in [0.3, 0.4) is 0 Å². The van der Waals surface area contributed by atoms with Crippen LogP contribution >= 0.6 is 11.3 Å². The molecule has 0 aliphatic heterocycles. The molecule has 4 rings (SSSR count). The Morgan fingerprint density at radius 1 is 1.38 bits per heavy atom. The van der Waals surface area contributed by atoms with E-state index in [-0.39, 0.29) is 22.5 Å². The number of nitrogens with one attached hydrogen (secondary N) is 1. The molecule has 1 fully saturated rings. The fourth-order valence-electron chi connectivity index (χ4n) is 2.79. The Labute approximate surface area is 154 Å². The minimum Gasteiger partial charge on any atom is -0.248 e. The van der Waals surface area contributed by atoms with E-state index in [1.165, 1.54) is 28.2 Å². The highest BCUT2D eigenvalue weighted by atomic mass is 32.2. The Kier molecular flexibility index (Phi) is 4.37. The predicted octanol–water partition coefficient (Wildman–Crippen LogP) is 3.21. The van der Waals surface area contributed by atoms with Crippen LogP contribution in [0.25, 0.3) is 5.69 Å². The van der Waals surface area contributed by atoms with Crippen LogP contribution in [-0.2, 0) is 10.0 Å². The maximum absolute atomic E-state index is 14.5. The van der Waals surface area contributed by atoms with Gasteiger partial charge >= 0.3 is 0 Å². The Balaban J connectivity index is 1.62. The summed E-state index contributed by atoms with van der Waals surface area (Å²) in [6, 6.07) is 3.48. The standard InChI is InChI=1S/C17H17FN4O2S2/c1-11-9-20-22(10-11)15-5-4-13(8-14(15)18)26(23,24)21-16(12-2-3-12)17-19-6-7-25-17/h4-10,12,16,21H,2-3H2,1H3/t16-/m1/s1. The van der Waals surface area contributed by atoms with Crippen molar-refractivity contribution in [3.63, 3.8) is 0 Å². The Hall–Kier alpha value is -2.10. The summed E-state index contributed by atoms with van der Waals surface area (Å²) in [7, 11) is -3.86. The van der Waals surface area contributed by atoms with Crippen molar-refractivity contribution in [2.45, 2.75) is 30.7 Å². The molecule has 0 saturated heterocycles. The number of rotatable bonds is 6. The summed E-state index contributed by atoms with van der Waals surface area (Å²) in [6.45, 7) is 1.85. The SMILES string of the molecule is Cc1cnn(-c2ccc(S(=O)(=O)N[C@@H](c3nccs3)C3CC3)cc2F)c1. The number of hydrogen-bond donors (Lipinski definition) is 1. The van der Waals surface area contributed by atoms with Crippen molar-refractivity contribution in [2.24, 2.45) is 5.92 Å². The maximum Gasteiger partial charge on any atom is 0.241 e. The molecule has 0 spiro atoms. The molecule has 136 valence electrons. The second kappa shape index (κ2) is 6.57. The third kappa shape index (κ3) is 3.42. The normalized spacial score (nSPS) is 15.9. The molecule has 0 amide bonds. The van der Waals surface area contributed by atoms with Gasteiger partial charge in [0.15, 0.2) is 0 Å². The van der Waals surface area contributed by atoms with Gasteiger partial charge in [0.25, 0.3) is 0 Å². The summed E-state index contributed by atoms with van der Waals surface area (Å²) in [5.74, 6) is -0.403. The topological polar surface area (TPSA) is 76.9 Å². The highest BCUT2D eigenvalue weighted by molar-refractivity contribution is 7.89. The van der Waals surface area contributed by atoms with Gasteiger partial charge in [0.05, 0.1) is 17.1 Å². The summed E-state index contributed by atoms with van der Waals surface area (Å²) >= 11 is 1.42. The van der Waals surface area contributed by atoms with E-state index in [4.69, 9.17) is 0 Å². The van der Waals surface area contributed by atoms with Gasteiger partial charge in [0.1, 0.15) is 16.5 Å². The third-order valence-electron chi connectivity index (χ3n) is 4.28. The molecule has 3 aromatic rings. The van der Waals surface area contributed by atoms with Crippen molar-refractivity contribution < 1.29 is 12.8 Å². The number of aryl methyl sites for hydroxylation is 1. The second-order valence-corrected chi connectivity index (χ2v) is 9.02. The van der Waals surface area contributed by atoms with Gasteiger partial charge in [-0.2, -0.15) is 5.10 Å². The Morgan fingerprint density at radius 3 is 2.77 bits per heavy atom. The molecule has 26 heavy (non-hydrogen) atoms. The minimum absolute atomic E-state index is 0.107. The van der Waals surface area contributed by atoms with E-state index in [1.54, 1.807) is 18.6 Å². The van der Waals surface area contributed by atoms with E-state index in [0.29, 0.717) is 0 Å². The minimum atomic E-state index is -3.86. The van der Waals surface area contributed by atoms with Crippen LogP contribution in [0, 0.1) is 18.7 Å². The van der Waals surface area contributed by atoms with Crippen LogP contribution in [0.1, 0.15) is 29.5 Å². The fourth-order valence-corrected chi connectivity index (χ4v) is 4.92. The van der Waals surface area contributed by atoms with Crippen LogP contribution in [0.5, 0.6) is 0 Å². The summed E-state index contributed by atoms with van der Waals surface area (Å²) in [5.41, 5.74) is 1.09. The first-order valence-corrected chi connectivity index (χ1v) is 10.5. The van der Waals surface area contributed by atoms with E-state index < -0.39 is 15.8 Å². The van der Waals surface area contributed by atoms with Crippen LogP contribution in [0.2, 0.25) is 0 Å². The maximum atomic E-state index is 14.5. The first kappa shape index (κ1) is 17.3. The van der Waals surface area contributed by atoms with Gasteiger partial charge in [-0.1, -0.05) is 0 Å². The van der Waals surface area contributed by atoms with Crippen molar-refractivity contribution in [2.75, 3.05) is 0 Å². The lowest BCUT2D eigenvalue weighted by molar-refractivity contribution is 0.526. The van der Waals surface area contributed by atoms with Crippen molar-refractivity contribution in [1.29, 1.82) is 0 Å². The van der Waals surface area contributed by atoms with Gasteiger partial charge in [-0.3, -0.25) is 0 Å². The van der Waals surface area contributed by atoms with Crippen LogP contribution < -0.4 is 4.72 Å². The third-order valence-corrected chi connectivity index (χ3v) is 6.58. The van der Waals surface area contributed by atoms with Crippen molar-refractivity contribution in [3.05, 3.63) is 58.6 Å². The molecule has 1 aliphatic rings. The average molecular weight is 392 g/mol. The lowest BCUT2D eigenvalue weighted by atomic mass is 10.2. The molecule has 1 aliphatic carbocycles. The van der Waals surface area contributed by atoms with Crippen molar-refractivity contribution in [3.8, 4) is 5.69 Å². The molecule has 1 atom stereocenters. The van der Waals surface area contributed by atoms with Gasteiger partial charge in [0, 0.05) is 17.8 Å². The monoisotopic (exact) mass is 392 g/mol.